The predicted octanol–water partition coefficient (Wildman–Crippen LogP) is 0.918. The third kappa shape index (κ3) is 2.72. The Balaban J connectivity index is 1.71. The molecule has 0 radical (unpaired) electrons. The highest BCUT2D eigenvalue weighted by molar-refractivity contribution is 5.34. The predicted molar refractivity (Wildman–Crippen MR) is 76.1 cm³/mol. The van der Waals surface area contributed by atoms with Crippen LogP contribution in [0, 0.1) is 6.92 Å². The van der Waals surface area contributed by atoms with Crippen molar-refractivity contribution in [1.29, 1.82) is 0 Å². The summed E-state index contributed by atoms with van der Waals surface area (Å²) in [6.07, 6.45) is 3.94. The second-order valence-electron chi connectivity index (χ2n) is 5.64. The van der Waals surface area contributed by atoms with Gasteiger partial charge >= 0.3 is 0 Å². The molecule has 0 amide bonds. The lowest BCUT2D eigenvalue weighted by Crippen LogP contribution is -2.35. The SMILES string of the molecule is Cc1cc(CN)nc(N2CCC(N3CCCC3)C2)n1. The molecule has 2 saturated heterocycles. The normalized spacial score (nSPS) is 24.3. The molecule has 1 atom stereocenters. The minimum Gasteiger partial charge on any atom is -0.339 e. The van der Waals surface area contributed by atoms with Gasteiger partial charge in [0, 0.05) is 31.4 Å². The maximum absolute atomic E-state index is 5.70. The average Bonchev–Trinajstić information content (AvgIpc) is 3.08. The van der Waals surface area contributed by atoms with Crippen molar-refractivity contribution in [2.45, 2.75) is 38.8 Å². The van der Waals surface area contributed by atoms with Gasteiger partial charge in [0.25, 0.3) is 0 Å². The minimum absolute atomic E-state index is 0.486. The van der Waals surface area contributed by atoms with Crippen LogP contribution in [0.15, 0.2) is 6.07 Å². The second-order valence-corrected chi connectivity index (χ2v) is 5.64. The zero-order valence-electron chi connectivity index (χ0n) is 11.7. The van der Waals surface area contributed by atoms with E-state index >= 15 is 0 Å². The summed E-state index contributed by atoms with van der Waals surface area (Å²) in [5.74, 6) is 0.863. The first-order valence-electron chi connectivity index (χ1n) is 7.30. The summed E-state index contributed by atoms with van der Waals surface area (Å²) in [6, 6.07) is 2.66. The molecule has 3 rings (SSSR count). The van der Waals surface area contributed by atoms with Gasteiger partial charge in [-0.2, -0.15) is 0 Å². The monoisotopic (exact) mass is 261 g/mol. The molecule has 0 bridgehead atoms. The number of hydrogen-bond donors (Lipinski definition) is 1. The van der Waals surface area contributed by atoms with Crippen molar-refractivity contribution in [3.63, 3.8) is 0 Å². The fourth-order valence-corrected chi connectivity index (χ4v) is 3.19. The van der Waals surface area contributed by atoms with Crippen LogP contribution < -0.4 is 10.6 Å². The largest absolute Gasteiger partial charge is 0.339 e. The Morgan fingerprint density at radius 1 is 1.26 bits per heavy atom. The van der Waals surface area contributed by atoms with Gasteiger partial charge in [-0.05, 0) is 45.3 Å². The second kappa shape index (κ2) is 5.43. The van der Waals surface area contributed by atoms with Crippen molar-refractivity contribution in [2.24, 2.45) is 5.73 Å². The van der Waals surface area contributed by atoms with Gasteiger partial charge in [-0.1, -0.05) is 0 Å². The van der Waals surface area contributed by atoms with E-state index in [1.54, 1.807) is 0 Å². The molecule has 1 aromatic rings. The zero-order valence-corrected chi connectivity index (χ0v) is 11.7. The van der Waals surface area contributed by atoms with Crippen LogP contribution in [0.1, 0.15) is 30.7 Å². The van der Waals surface area contributed by atoms with Crippen LogP contribution in [-0.2, 0) is 6.54 Å². The lowest BCUT2D eigenvalue weighted by molar-refractivity contribution is 0.260. The Hall–Kier alpha value is -1.20. The van der Waals surface area contributed by atoms with Gasteiger partial charge in [0.15, 0.2) is 0 Å². The zero-order chi connectivity index (χ0) is 13.2. The van der Waals surface area contributed by atoms with Crippen molar-refractivity contribution >= 4 is 5.95 Å². The van der Waals surface area contributed by atoms with Crippen molar-refractivity contribution in [2.75, 3.05) is 31.1 Å². The highest BCUT2D eigenvalue weighted by Crippen LogP contribution is 2.23. The first-order chi connectivity index (χ1) is 9.26. The standard InChI is InChI=1S/C14H23N5/c1-11-8-12(9-15)17-14(16-11)19-7-4-13(10-19)18-5-2-3-6-18/h8,13H,2-7,9-10,15H2,1H3. The number of hydrogen-bond acceptors (Lipinski definition) is 5. The number of anilines is 1. The Bertz CT molecular complexity index is 441. The van der Waals surface area contributed by atoms with Gasteiger partial charge in [-0.25, -0.2) is 9.97 Å². The lowest BCUT2D eigenvalue weighted by Gasteiger charge is -2.23. The maximum atomic E-state index is 5.70. The fraction of sp³-hybridized carbons (Fsp3) is 0.714. The van der Waals surface area contributed by atoms with Gasteiger partial charge in [0.05, 0.1) is 5.69 Å². The van der Waals surface area contributed by atoms with Crippen molar-refractivity contribution < 1.29 is 0 Å². The summed E-state index contributed by atoms with van der Waals surface area (Å²) in [5.41, 5.74) is 7.64. The summed E-state index contributed by atoms with van der Waals surface area (Å²) in [7, 11) is 0. The molecule has 19 heavy (non-hydrogen) atoms. The number of aryl methyl sites for hydroxylation is 1. The van der Waals surface area contributed by atoms with E-state index in [0.29, 0.717) is 12.6 Å². The third-order valence-electron chi connectivity index (χ3n) is 4.21. The molecule has 5 heteroatoms. The Kier molecular flexibility index (Phi) is 3.66. The van der Waals surface area contributed by atoms with Crippen LogP contribution in [0.5, 0.6) is 0 Å². The highest BCUT2D eigenvalue weighted by Gasteiger charge is 2.30. The molecular formula is C14H23N5. The molecule has 3 heterocycles. The number of rotatable bonds is 3. The molecule has 2 aliphatic rings. The van der Waals surface area contributed by atoms with E-state index in [4.69, 9.17) is 5.73 Å². The molecule has 0 spiro atoms. The van der Waals surface area contributed by atoms with Gasteiger partial charge in [-0.15, -0.1) is 0 Å². The molecule has 5 nitrogen and oxygen atoms in total. The Morgan fingerprint density at radius 2 is 2.05 bits per heavy atom. The van der Waals surface area contributed by atoms with Crippen LogP contribution in [0.3, 0.4) is 0 Å². The molecule has 104 valence electrons. The van der Waals surface area contributed by atoms with E-state index in [1.807, 2.05) is 13.0 Å². The molecule has 0 aliphatic carbocycles. The molecular weight excluding hydrogens is 238 g/mol. The molecule has 1 unspecified atom stereocenters. The maximum Gasteiger partial charge on any atom is 0.225 e. The van der Waals surface area contributed by atoms with Crippen molar-refractivity contribution in [3.05, 3.63) is 17.5 Å². The fourth-order valence-electron chi connectivity index (χ4n) is 3.19. The molecule has 0 saturated carbocycles. The number of aromatic nitrogens is 2. The van der Waals surface area contributed by atoms with E-state index < -0.39 is 0 Å². The van der Waals surface area contributed by atoms with Crippen molar-refractivity contribution in [3.8, 4) is 0 Å². The van der Waals surface area contributed by atoms with Crippen LogP contribution >= 0.6 is 0 Å². The molecule has 2 aliphatic heterocycles. The van der Waals surface area contributed by atoms with Crippen LogP contribution in [0.25, 0.3) is 0 Å². The smallest absolute Gasteiger partial charge is 0.225 e. The van der Waals surface area contributed by atoms with E-state index in [9.17, 15) is 0 Å². The van der Waals surface area contributed by atoms with Crippen LogP contribution in [0.4, 0.5) is 5.95 Å². The minimum atomic E-state index is 0.486. The summed E-state index contributed by atoms with van der Waals surface area (Å²) in [4.78, 5) is 14.1. The van der Waals surface area contributed by atoms with Gasteiger partial charge in [0.2, 0.25) is 5.95 Å². The lowest BCUT2D eigenvalue weighted by atomic mass is 10.2. The van der Waals surface area contributed by atoms with Gasteiger partial charge in [-0.3, -0.25) is 4.90 Å². The van der Waals surface area contributed by atoms with Crippen LogP contribution in [-0.4, -0.2) is 47.1 Å². The number of likely N-dealkylation sites (tertiary alicyclic amines) is 1. The van der Waals surface area contributed by atoms with E-state index in [1.165, 1.54) is 32.4 Å². The summed E-state index contributed by atoms with van der Waals surface area (Å²) < 4.78 is 0. The molecule has 2 fully saturated rings. The topological polar surface area (TPSA) is 58.3 Å². The number of nitrogens with two attached hydrogens (primary N) is 1. The van der Waals surface area contributed by atoms with Crippen LogP contribution in [0.2, 0.25) is 0 Å². The quantitative estimate of drug-likeness (QED) is 0.877. The third-order valence-corrected chi connectivity index (χ3v) is 4.21. The van der Waals surface area contributed by atoms with Gasteiger partial charge < -0.3 is 10.6 Å². The summed E-state index contributed by atoms with van der Waals surface area (Å²) in [6.45, 7) is 7.16. The number of nitrogens with zero attached hydrogens (tertiary/aromatic N) is 4. The van der Waals surface area contributed by atoms with E-state index in [0.717, 1.165) is 30.4 Å². The van der Waals surface area contributed by atoms with Crippen molar-refractivity contribution in [1.82, 2.24) is 14.9 Å². The van der Waals surface area contributed by atoms with E-state index in [-0.39, 0.29) is 0 Å². The first-order valence-corrected chi connectivity index (χ1v) is 7.30. The summed E-state index contributed by atoms with van der Waals surface area (Å²) in [5, 5.41) is 0. The summed E-state index contributed by atoms with van der Waals surface area (Å²) >= 11 is 0. The Labute approximate surface area is 114 Å². The Morgan fingerprint density at radius 3 is 2.79 bits per heavy atom. The molecule has 0 aromatic carbocycles. The molecule has 2 N–H and O–H groups in total. The van der Waals surface area contributed by atoms with Gasteiger partial charge in [0.1, 0.15) is 0 Å². The van der Waals surface area contributed by atoms with E-state index in [2.05, 4.69) is 19.8 Å². The average molecular weight is 261 g/mol. The first kappa shape index (κ1) is 12.8. The highest BCUT2D eigenvalue weighted by atomic mass is 15.3. The molecule has 1 aromatic heterocycles.